The molecule has 2 amide bonds. The Hall–Kier alpha value is -4.58. The smallest absolute Gasteiger partial charge is 0.338 e. The first-order chi connectivity index (χ1) is 17.7. The zero-order valence-corrected chi connectivity index (χ0v) is 19.9. The number of carbonyl (C=O) groups excluding carboxylic acids is 2. The number of urea groups is 1. The van der Waals surface area contributed by atoms with Gasteiger partial charge in [0, 0.05) is 5.56 Å². The molecule has 0 fully saturated rings. The molecular weight excluding hydrogens is 452 g/mol. The molecule has 6 nitrogen and oxygen atoms in total. The molecule has 0 spiro atoms. The summed E-state index contributed by atoms with van der Waals surface area (Å²) in [6, 6.07) is 29.7. The third-order valence-electron chi connectivity index (χ3n) is 6.09. The van der Waals surface area contributed by atoms with Crippen molar-refractivity contribution < 1.29 is 19.1 Å². The molecule has 0 aliphatic carbocycles. The Morgan fingerprint density at radius 3 is 2.31 bits per heavy atom. The van der Waals surface area contributed by atoms with E-state index in [1.165, 1.54) is 0 Å². The van der Waals surface area contributed by atoms with Gasteiger partial charge < -0.3 is 20.1 Å². The Morgan fingerprint density at radius 2 is 1.56 bits per heavy atom. The molecule has 1 unspecified atom stereocenters. The van der Waals surface area contributed by atoms with Crippen LogP contribution < -0.4 is 15.4 Å². The van der Waals surface area contributed by atoms with Crippen molar-refractivity contribution in [2.75, 3.05) is 6.61 Å². The summed E-state index contributed by atoms with van der Waals surface area (Å²) in [6.45, 7) is 2.31. The van der Waals surface area contributed by atoms with E-state index in [0.29, 0.717) is 34.8 Å². The summed E-state index contributed by atoms with van der Waals surface area (Å²) in [5.41, 5.74) is 3.17. The van der Waals surface area contributed by atoms with E-state index in [0.717, 1.165) is 16.3 Å². The summed E-state index contributed by atoms with van der Waals surface area (Å²) >= 11 is 0. The number of amides is 2. The van der Waals surface area contributed by atoms with Crippen LogP contribution in [0.4, 0.5) is 4.79 Å². The number of fused-ring (bicyclic) bond motifs is 1. The van der Waals surface area contributed by atoms with Gasteiger partial charge in [0.15, 0.2) is 0 Å². The van der Waals surface area contributed by atoms with Crippen molar-refractivity contribution in [2.45, 2.75) is 19.6 Å². The van der Waals surface area contributed by atoms with Crippen molar-refractivity contribution in [3.8, 4) is 5.75 Å². The Labute approximate surface area is 209 Å². The Morgan fingerprint density at radius 1 is 0.861 bits per heavy atom. The number of esters is 1. The third kappa shape index (κ3) is 4.66. The largest absolute Gasteiger partial charge is 0.489 e. The summed E-state index contributed by atoms with van der Waals surface area (Å²) in [6.07, 6.45) is 0. The molecule has 180 valence electrons. The number of carbonyl (C=O) groups is 2. The molecule has 5 rings (SSSR count). The highest BCUT2D eigenvalue weighted by Crippen LogP contribution is 2.40. The van der Waals surface area contributed by atoms with Crippen LogP contribution in [0, 0.1) is 0 Å². The molecule has 1 aliphatic rings. The van der Waals surface area contributed by atoms with Crippen LogP contribution in [0.15, 0.2) is 103 Å². The Bertz CT molecular complexity index is 1430. The van der Waals surface area contributed by atoms with Crippen LogP contribution in [-0.4, -0.2) is 18.6 Å². The zero-order valence-electron chi connectivity index (χ0n) is 19.9. The van der Waals surface area contributed by atoms with Crippen LogP contribution >= 0.6 is 0 Å². The molecule has 4 aromatic carbocycles. The first-order valence-electron chi connectivity index (χ1n) is 11.9. The standard InChI is InChI=1S/C30H26N2O4/c1-2-35-29(33)26-27(22-14-7-4-8-15-22)31-30(34)32-28(26)25-23-16-10-9-13-21(23)17-18-24(25)36-19-20-11-5-3-6-12-20/h3-18,28H,2,19H2,1H3,(H2,31,32,34). The fraction of sp³-hybridized carbons (Fsp3) is 0.133. The maximum absolute atomic E-state index is 13.4. The van der Waals surface area contributed by atoms with Gasteiger partial charge in [0.05, 0.1) is 23.9 Å². The summed E-state index contributed by atoms with van der Waals surface area (Å²) in [5, 5.41) is 7.65. The Kier molecular flexibility index (Phi) is 6.67. The molecule has 0 saturated carbocycles. The van der Waals surface area contributed by atoms with E-state index < -0.39 is 18.0 Å². The molecule has 1 aliphatic heterocycles. The van der Waals surface area contributed by atoms with Crippen molar-refractivity contribution in [3.63, 3.8) is 0 Å². The number of rotatable bonds is 7. The summed E-state index contributed by atoms with van der Waals surface area (Å²) in [5.74, 6) is 0.0785. The molecule has 36 heavy (non-hydrogen) atoms. The topological polar surface area (TPSA) is 76.7 Å². The van der Waals surface area contributed by atoms with E-state index in [1.807, 2.05) is 97.1 Å². The fourth-order valence-electron chi connectivity index (χ4n) is 4.48. The molecule has 6 heteroatoms. The van der Waals surface area contributed by atoms with E-state index in [9.17, 15) is 9.59 Å². The zero-order chi connectivity index (χ0) is 24.9. The Balaban J connectivity index is 1.70. The maximum atomic E-state index is 13.4. The number of hydrogen-bond donors (Lipinski definition) is 2. The van der Waals surface area contributed by atoms with Gasteiger partial charge in [0.25, 0.3) is 0 Å². The minimum Gasteiger partial charge on any atom is -0.489 e. The minimum atomic E-state index is -0.787. The summed E-state index contributed by atoms with van der Waals surface area (Å²) in [4.78, 5) is 26.3. The van der Waals surface area contributed by atoms with E-state index >= 15 is 0 Å². The van der Waals surface area contributed by atoms with Crippen LogP contribution in [0.1, 0.15) is 29.7 Å². The van der Waals surface area contributed by atoms with Crippen molar-refractivity contribution in [1.29, 1.82) is 0 Å². The van der Waals surface area contributed by atoms with Gasteiger partial charge in [-0.2, -0.15) is 0 Å². The van der Waals surface area contributed by atoms with Gasteiger partial charge >= 0.3 is 12.0 Å². The van der Waals surface area contributed by atoms with Gasteiger partial charge in [-0.15, -0.1) is 0 Å². The van der Waals surface area contributed by atoms with Gasteiger partial charge in [-0.25, -0.2) is 9.59 Å². The van der Waals surface area contributed by atoms with Gasteiger partial charge in [-0.05, 0) is 34.9 Å². The molecule has 0 saturated heterocycles. The normalized spacial score (nSPS) is 15.2. The van der Waals surface area contributed by atoms with Gasteiger partial charge in [0.1, 0.15) is 12.4 Å². The molecule has 1 atom stereocenters. The average Bonchev–Trinajstić information content (AvgIpc) is 2.92. The molecule has 4 aromatic rings. The monoisotopic (exact) mass is 478 g/mol. The highest BCUT2D eigenvalue weighted by molar-refractivity contribution is 6.06. The van der Waals surface area contributed by atoms with Gasteiger partial charge in [0.2, 0.25) is 0 Å². The lowest BCUT2D eigenvalue weighted by molar-refractivity contribution is -0.138. The van der Waals surface area contributed by atoms with E-state index in [1.54, 1.807) is 6.92 Å². The third-order valence-corrected chi connectivity index (χ3v) is 6.09. The predicted molar refractivity (Wildman–Crippen MR) is 139 cm³/mol. The van der Waals surface area contributed by atoms with E-state index in [4.69, 9.17) is 9.47 Å². The maximum Gasteiger partial charge on any atom is 0.338 e. The molecule has 2 N–H and O–H groups in total. The summed E-state index contributed by atoms with van der Waals surface area (Å²) < 4.78 is 11.8. The van der Waals surface area contributed by atoms with Crippen LogP contribution in [-0.2, 0) is 16.1 Å². The predicted octanol–water partition coefficient (Wildman–Crippen LogP) is 5.75. The van der Waals surface area contributed by atoms with Gasteiger partial charge in [-0.1, -0.05) is 91.0 Å². The van der Waals surface area contributed by atoms with Crippen LogP contribution in [0.2, 0.25) is 0 Å². The van der Waals surface area contributed by atoms with Crippen molar-refractivity contribution >= 4 is 28.5 Å². The molecule has 0 aromatic heterocycles. The molecular formula is C30H26N2O4. The first kappa shape index (κ1) is 23.2. The van der Waals surface area contributed by atoms with Crippen molar-refractivity contribution in [2.24, 2.45) is 0 Å². The minimum absolute atomic E-state index is 0.206. The summed E-state index contributed by atoms with van der Waals surface area (Å²) in [7, 11) is 0. The number of ether oxygens (including phenoxy) is 2. The number of benzene rings is 4. The average molecular weight is 479 g/mol. The molecule has 0 radical (unpaired) electrons. The van der Waals surface area contributed by atoms with Crippen molar-refractivity contribution in [3.05, 3.63) is 119 Å². The van der Waals surface area contributed by atoms with E-state index in [-0.39, 0.29) is 6.61 Å². The number of hydrogen-bond acceptors (Lipinski definition) is 4. The van der Waals surface area contributed by atoms with Crippen molar-refractivity contribution in [1.82, 2.24) is 10.6 Å². The van der Waals surface area contributed by atoms with Crippen LogP contribution in [0.5, 0.6) is 5.75 Å². The lowest BCUT2D eigenvalue weighted by Gasteiger charge is -2.31. The van der Waals surface area contributed by atoms with E-state index in [2.05, 4.69) is 10.6 Å². The SMILES string of the molecule is CCOC(=O)C1=C(c2ccccc2)NC(=O)NC1c1c(OCc2ccccc2)ccc2ccccc12. The quantitative estimate of drug-likeness (QED) is 0.332. The first-order valence-corrected chi connectivity index (χ1v) is 11.9. The lowest BCUT2D eigenvalue weighted by Crippen LogP contribution is -2.45. The molecule has 1 heterocycles. The lowest BCUT2D eigenvalue weighted by atomic mass is 9.89. The molecule has 0 bridgehead atoms. The second kappa shape index (κ2) is 10.4. The highest BCUT2D eigenvalue weighted by Gasteiger charge is 2.36. The highest BCUT2D eigenvalue weighted by atomic mass is 16.5. The van der Waals surface area contributed by atoms with Gasteiger partial charge in [-0.3, -0.25) is 0 Å². The second-order valence-corrected chi connectivity index (χ2v) is 8.38. The van der Waals surface area contributed by atoms with Crippen LogP contribution in [0.25, 0.3) is 16.5 Å². The number of nitrogens with one attached hydrogen (secondary N) is 2. The van der Waals surface area contributed by atoms with Crippen LogP contribution in [0.3, 0.4) is 0 Å². The fourth-order valence-corrected chi connectivity index (χ4v) is 4.48. The second-order valence-electron chi connectivity index (χ2n) is 8.38.